The molecule has 0 N–H and O–H groups in total. The minimum atomic E-state index is 0.727. The van der Waals surface area contributed by atoms with Crippen LogP contribution >= 0.6 is 0 Å². The van der Waals surface area contributed by atoms with Gasteiger partial charge in [-0.1, -0.05) is 12.7 Å². The van der Waals surface area contributed by atoms with Crippen LogP contribution in [-0.2, 0) is 6.54 Å². The van der Waals surface area contributed by atoms with Crippen molar-refractivity contribution in [1.82, 2.24) is 4.57 Å². The van der Waals surface area contributed by atoms with Crippen molar-refractivity contribution in [1.29, 1.82) is 0 Å². The van der Waals surface area contributed by atoms with Crippen molar-refractivity contribution in [3.63, 3.8) is 0 Å². The number of aromatic nitrogens is 1. The summed E-state index contributed by atoms with van der Waals surface area (Å²) in [4.78, 5) is 0. The molecule has 0 amide bonds. The first-order valence-electron chi connectivity index (χ1n) is 6.77. The summed E-state index contributed by atoms with van der Waals surface area (Å²) < 4.78 is 12.9. The molecule has 0 radical (unpaired) electrons. The molecule has 0 aliphatic heterocycles. The van der Waals surface area contributed by atoms with Gasteiger partial charge in [0.25, 0.3) is 0 Å². The first-order chi connectivity index (χ1) is 10.3. The number of benzene rings is 2. The molecule has 0 atom stereocenters. The minimum absolute atomic E-state index is 0.727. The van der Waals surface area contributed by atoms with Crippen molar-refractivity contribution in [2.75, 3.05) is 7.11 Å². The minimum Gasteiger partial charge on any atom is -0.497 e. The molecule has 2 aromatic carbocycles. The SMILES string of the molecule is C=CCn1c2cc(OC)ccc2c2ccc(OC=C)cc21. The molecular weight excluding hydrogens is 262 g/mol. The molecule has 3 nitrogen and oxygen atoms in total. The zero-order valence-corrected chi connectivity index (χ0v) is 12.0. The smallest absolute Gasteiger partial charge is 0.128 e. The van der Waals surface area contributed by atoms with Gasteiger partial charge in [-0.2, -0.15) is 0 Å². The van der Waals surface area contributed by atoms with E-state index in [4.69, 9.17) is 9.47 Å². The fourth-order valence-corrected chi connectivity index (χ4v) is 2.68. The third kappa shape index (κ3) is 2.17. The first-order valence-corrected chi connectivity index (χ1v) is 6.77. The highest BCUT2D eigenvalue weighted by Crippen LogP contribution is 2.33. The van der Waals surface area contributed by atoms with Crippen LogP contribution in [0.5, 0.6) is 11.5 Å². The fourth-order valence-electron chi connectivity index (χ4n) is 2.68. The summed E-state index contributed by atoms with van der Waals surface area (Å²) in [6.07, 6.45) is 3.32. The van der Waals surface area contributed by atoms with Crippen LogP contribution in [0.15, 0.2) is 61.9 Å². The zero-order chi connectivity index (χ0) is 14.8. The Labute approximate surface area is 123 Å². The van der Waals surface area contributed by atoms with E-state index in [0.717, 1.165) is 29.1 Å². The number of hydrogen-bond acceptors (Lipinski definition) is 2. The molecule has 3 heteroatoms. The molecule has 106 valence electrons. The van der Waals surface area contributed by atoms with E-state index in [2.05, 4.69) is 29.9 Å². The lowest BCUT2D eigenvalue weighted by molar-refractivity contribution is 0.415. The molecule has 0 saturated heterocycles. The van der Waals surface area contributed by atoms with Gasteiger partial charge in [-0.25, -0.2) is 0 Å². The van der Waals surface area contributed by atoms with Gasteiger partial charge in [0.05, 0.1) is 24.4 Å². The monoisotopic (exact) mass is 279 g/mol. The van der Waals surface area contributed by atoms with Gasteiger partial charge in [-0.3, -0.25) is 0 Å². The van der Waals surface area contributed by atoms with E-state index >= 15 is 0 Å². The van der Waals surface area contributed by atoms with Crippen LogP contribution in [0.4, 0.5) is 0 Å². The molecule has 0 saturated carbocycles. The Hall–Kier alpha value is -2.68. The van der Waals surface area contributed by atoms with E-state index in [1.807, 2.05) is 30.3 Å². The molecule has 3 rings (SSSR count). The number of rotatable bonds is 5. The van der Waals surface area contributed by atoms with Crippen LogP contribution in [0.1, 0.15) is 0 Å². The van der Waals surface area contributed by atoms with Crippen LogP contribution in [0.3, 0.4) is 0 Å². The average Bonchev–Trinajstić information content (AvgIpc) is 2.81. The molecule has 0 spiro atoms. The lowest BCUT2D eigenvalue weighted by atomic mass is 10.1. The number of methoxy groups -OCH3 is 1. The predicted molar refractivity (Wildman–Crippen MR) is 87.0 cm³/mol. The van der Waals surface area contributed by atoms with Crippen LogP contribution in [-0.4, -0.2) is 11.7 Å². The number of ether oxygens (including phenoxy) is 2. The highest BCUT2D eigenvalue weighted by molar-refractivity contribution is 6.08. The maximum atomic E-state index is 5.39. The summed E-state index contributed by atoms with van der Waals surface area (Å²) in [5, 5.41) is 2.38. The molecule has 0 fully saturated rings. The lowest BCUT2D eigenvalue weighted by Crippen LogP contribution is -1.94. The van der Waals surface area contributed by atoms with E-state index in [1.165, 1.54) is 17.0 Å². The van der Waals surface area contributed by atoms with Gasteiger partial charge < -0.3 is 14.0 Å². The topological polar surface area (TPSA) is 23.4 Å². The zero-order valence-electron chi connectivity index (χ0n) is 12.0. The number of allylic oxidation sites excluding steroid dienone is 1. The average molecular weight is 279 g/mol. The Morgan fingerprint density at radius 2 is 1.62 bits per heavy atom. The van der Waals surface area contributed by atoms with Crippen molar-refractivity contribution in [3.8, 4) is 11.5 Å². The van der Waals surface area contributed by atoms with Gasteiger partial charge >= 0.3 is 0 Å². The Bertz CT molecular complexity index is 830. The van der Waals surface area contributed by atoms with Gasteiger partial charge in [-0.15, -0.1) is 6.58 Å². The quantitative estimate of drug-likeness (QED) is 0.506. The molecule has 1 aromatic heterocycles. The van der Waals surface area contributed by atoms with E-state index < -0.39 is 0 Å². The van der Waals surface area contributed by atoms with Gasteiger partial charge in [0.1, 0.15) is 11.5 Å². The highest BCUT2D eigenvalue weighted by Gasteiger charge is 2.11. The maximum Gasteiger partial charge on any atom is 0.128 e. The Balaban J connectivity index is 2.36. The van der Waals surface area contributed by atoms with Crippen molar-refractivity contribution >= 4 is 21.8 Å². The van der Waals surface area contributed by atoms with Crippen molar-refractivity contribution in [2.24, 2.45) is 0 Å². The second-order valence-corrected chi connectivity index (χ2v) is 4.75. The molecule has 0 unspecified atom stereocenters. The summed E-state index contributed by atoms with van der Waals surface area (Å²) in [6, 6.07) is 12.2. The molecule has 0 aliphatic carbocycles. The van der Waals surface area contributed by atoms with Crippen molar-refractivity contribution in [2.45, 2.75) is 6.54 Å². The Morgan fingerprint density at radius 1 is 1.00 bits per heavy atom. The first kappa shape index (κ1) is 13.3. The summed E-state index contributed by atoms with van der Waals surface area (Å²) in [7, 11) is 1.68. The molecule has 1 heterocycles. The summed E-state index contributed by atoms with van der Waals surface area (Å²) in [6.45, 7) is 8.18. The van der Waals surface area contributed by atoms with Crippen molar-refractivity contribution < 1.29 is 9.47 Å². The van der Waals surface area contributed by atoms with E-state index in [1.54, 1.807) is 7.11 Å². The second kappa shape index (κ2) is 5.37. The third-order valence-corrected chi connectivity index (χ3v) is 3.58. The molecule has 21 heavy (non-hydrogen) atoms. The standard InChI is InChI=1S/C18H17NO2/c1-4-10-19-17-11-13(20-3)6-8-15(17)16-9-7-14(21-5-2)12-18(16)19/h4-9,11-12H,1-2,10H2,3H3. The predicted octanol–water partition coefficient (Wildman–Crippen LogP) is 4.51. The van der Waals surface area contributed by atoms with Gasteiger partial charge in [0.2, 0.25) is 0 Å². The van der Waals surface area contributed by atoms with Crippen LogP contribution in [0.2, 0.25) is 0 Å². The normalized spacial score (nSPS) is 10.7. The van der Waals surface area contributed by atoms with E-state index in [-0.39, 0.29) is 0 Å². The van der Waals surface area contributed by atoms with Gasteiger partial charge in [-0.05, 0) is 24.3 Å². The highest BCUT2D eigenvalue weighted by atomic mass is 16.5. The van der Waals surface area contributed by atoms with E-state index in [0.29, 0.717) is 0 Å². The molecular formula is C18H17NO2. The molecule has 0 aliphatic rings. The summed E-state index contributed by atoms with van der Waals surface area (Å²) in [5.74, 6) is 1.62. The Kier molecular flexibility index (Phi) is 3.40. The molecule has 0 bridgehead atoms. The molecule has 3 aromatic rings. The number of nitrogens with zero attached hydrogens (tertiary/aromatic N) is 1. The number of fused-ring (bicyclic) bond motifs is 3. The Morgan fingerprint density at radius 3 is 2.19 bits per heavy atom. The summed E-state index contributed by atoms with van der Waals surface area (Å²) >= 11 is 0. The maximum absolute atomic E-state index is 5.39. The third-order valence-electron chi connectivity index (χ3n) is 3.58. The van der Waals surface area contributed by atoms with E-state index in [9.17, 15) is 0 Å². The lowest BCUT2D eigenvalue weighted by Gasteiger charge is -2.06. The number of hydrogen-bond donors (Lipinski definition) is 0. The van der Waals surface area contributed by atoms with Crippen LogP contribution < -0.4 is 9.47 Å². The summed E-state index contributed by atoms with van der Waals surface area (Å²) in [5.41, 5.74) is 2.23. The van der Waals surface area contributed by atoms with Gasteiger partial charge in [0.15, 0.2) is 0 Å². The van der Waals surface area contributed by atoms with Crippen LogP contribution in [0, 0.1) is 0 Å². The van der Waals surface area contributed by atoms with Crippen molar-refractivity contribution in [3.05, 3.63) is 61.9 Å². The van der Waals surface area contributed by atoms with Gasteiger partial charge in [0, 0.05) is 29.4 Å². The fraction of sp³-hybridized carbons (Fsp3) is 0.111. The largest absolute Gasteiger partial charge is 0.497 e. The second-order valence-electron chi connectivity index (χ2n) is 4.75. The van der Waals surface area contributed by atoms with Crippen LogP contribution in [0.25, 0.3) is 21.8 Å².